The van der Waals surface area contributed by atoms with Crippen molar-refractivity contribution in [2.75, 3.05) is 32.9 Å². The zero-order valence-electron chi connectivity index (χ0n) is 13.8. The van der Waals surface area contributed by atoms with E-state index in [0.29, 0.717) is 31.9 Å². The molecule has 3 saturated heterocycles. The average molecular weight is 334 g/mol. The molecule has 0 N–H and O–H groups in total. The van der Waals surface area contributed by atoms with Gasteiger partial charge in [-0.2, -0.15) is 5.10 Å². The van der Waals surface area contributed by atoms with Crippen LogP contribution in [0.3, 0.4) is 0 Å². The lowest BCUT2D eigenvalue weighted by molar-refractivity contribution is -0.159. The molecule has 0 spiro atoms. The van der Waals surface area contributed by atoms with Gasteiger partial charge in [0.25, 0.3) is 5.91 Å². The van der Waals surface area contributed by atoms with Crippen molar-refractivity contribution in [1.29, 1.82) is 0 Å². The summed E-state index contributed by atoms with van der Waals surface area (Å²) in [5.41, 5.74) is 0.570. The van der Waals surface area contributed by atoms with Crippen LogP contribution in [-0.4, -0.2) is 82.5 Å². The van der Waals surface area contributed by atoms with Crippen molar-refractivity contribution in [2.45, 2.75) is 31.0 Å². The Morgan fingerprint density at radius 2 is 2.08 bits per heavy atom. The van der Waals surface area contributed by atoms with E-state index in [0.717, 1.165) is 12.8 Å². The number of aryl methyl sites for hydroxylation is 1. The highest BCUT2D eigenvalue weighted by Gasteiger charge is 2.47. The van der Waals surface area contributed by atoms with Crippen LogP contribution >= 0.6 is 0 Å². The first-order valence-corrected chi connectivity index (χ1v) is 8.42. The molecule has 24 heavy (non-hydrogen) atoms. The predicted molar refractivity (Wildman–Crippen MR) is 83.3 cm³/mol. The first-order chi connectivity index (χ1) is 11.6. The topological polar surface area (TPSA) is 76.9 Å². The zero-order valence-corrected chi connectivity index (χ0v) is 13.8. The molecule has 4 rings (SSSR count). The van der Waals surface area contributed by atoms with E-state index >= 15 is 0 Å². The van der Waals surface area contributed by atoms with E-state index < -0.39 is 0 Å². The van der Waals surface area contributed by atoms with E-state index in [1.54, 1.807) is 29.0 Å². The van der Waals surface area contributed by atoms with Crippen LogP contribution in [0.4, 0.5) is 0 Å². The maximum atomic E-state index is 12.7. The van der Waals surface area contributed by atoms with E-state index in [2.05, 4.69) is 5.10 Å². The number of amides is 2. The Morgan fingerprint density at radius 3 is 2.79 bits per heavy atom. The van der Waals surface area contributed by atoms with Crippen molar-refractivity contribution in [3.63, 3.8) is 0 Å². The average Bonchev–Trinajstić information content (AvgIpc) is 3.21. The third-order valence-corrected chi connectivity index (χ3v) is 5.13. The fraction of sp³-hybridized carbons (Fsp3) is 0.688. The Balaban J connectivity index is 1.51. The summed E-state index contributed by atoms with van der Waals surface area (Å²) in [5.74, 6) is -0.0284. The highest BCUT2D eigenvalue weighted by Crippen LogP contribution is 2.29. The first-order valence-electron chi connectivity index (χ1n) is 8.42. The Bertz CT molecular complexity index is 640. The SMILES string of the molecule is Cn1cc(C(=O)N2C[C@@H]3OCC(=O)N(C4CCOCC4)[C@H]3C2)cn1. The fourth-order valence-electron chi connectivity index (χ4n) is 3.94. The van der Waals surface area contributed by atoms with Gasteiger partial charge in [-0.3, -0.25) is 14.3 Å². The van der Waals surface area contributed by atoms with Crippen LogP contribution in [0, 0.1) is 0 Å². The molecule has 130 valence electrons. The van der Waals surface area contributed by atoms with Crippen LogP contribution in [0.1, 0.15) is 23.2 Å². The minimum atomic E-state index is -0.105. The highest BCUT2D eigenvalue weighted by molar-refractivity contribution is 5.94. The number of fused-ring (bicyclic) bond motifs is 1. The number of ether oxygens (including phenoxy) is 2. The van der Waals surface area contributed by atoms with Crippen LogP contribution in [0.5, 0.6) is 0 Å². The summed E-state index contributed by atoms with van der Waals surface area (Å²) in [6.45, 7) is 2.51. The van der Waals surface area contributed by atoms with Crippen LogP contribution < -0.4 is 0 Å². The third-order valence-electron chi connectivity index (χ3n) is 5.13. The molecule has 4 heterocycles. The molecule has 1 aromatic heterocycles. The van der Waals surface area contributed by atoms with Crippen molar-refractivity contribution < 1.29 is 19.1 Å². The van der Waals surface area contributed by atoms with Crippen molar-refractivity contribution in [3.05, 3.63) is 18.0 Å². The number of nitrogens with zero attached hydrogens (tertiary/aromatic N) is 4. The van der Waals surface area contributed by atoms with E-state index in [1.165, 1.54) is 0 Å². The molecule has 3 aliphatic heterocycles. The number of aromatic nitrogens is 2. The van der Waals surface area contributed by atoms with Crippen LogP contribution in [0.25, 0.3) is 0 Å². The van der Waals surface area contributed by atoms with Gasteiger partial charge < -0.3 is 19.3 Å². The number of hydrogen-bond acceptors (Lipinski definition) is 5. The number of carbonyl (C=O) groups excluding carboxylic acids is 2. The van der Waals surface area contributed by atoms with Gasteiger partial charge in [-0.15, -0.1) is 0 Å². The molecule has 3 fully saturated rings. The molecule has 8 nitrogen and oxygen atoms in total. The number of likely N-dealkylation sites (tertiary alicyclic amines) is 1. The number of hydrogen-bond donors (Lipinski definition) is 0. The summed E-state index contributed by atoms with van der Waals surface area (Å²) in [6, 6.07) is 0.131. The highest BCUT2D eigenvalue weighted by atomic mass is 16.5. The summed E-state index contributed by atoms with van der Waals surface area (Å²) in [6.07, 6.45) is 4.89. The van der Waals surface area contributed by atoms with Gasteiger partial charge in [-0.05, 0) is 12.8 Å². The summed E-state index contributed by atoms with van der Waals surface area (Å²) in [7, 11) is 1.79. The summed E-state index contributed by atoms with van der Waals surface area (Å²) < 4.78 is 12.7. The van der Waals surface area contributed by atoms with Crippen molar-refractivity contribution >= 4 is 11.8 Å². The molecule has 0 unspecified atom stereocenters. The fourth-order valence-corrected chi connectivity index (χ4v) is 3.94. The van der Waals surface area contributed by atoms with Gasteiger partial charge in [-0.25, -0.2) is 0 Å². The maximum absolute atomic E-state index is 12.7. The zero-order chi connectivity index (χ0) is 16.7. The molecule has 0 bridgehead atoms. The van der Waals surface area contributed by atoms with Gasteiger partial charge >= 0.3 is 0 Å². The Hall–Kier alpha value is -1.93. The Labute approximate surface area is 140 Å². The van der Waals surface area contributed by atoms with E-state index in [-0.39, 0.29) is 36.6 Å². The second-order valence-electron chi connectivity index (χ2n) is 6.67. The number of carbonyl (C=O) groups is 2. The number of rotatable bonds is 2. The van der Waals surface area contributed by atoms with Crippen molar-refractivity contribution in [1.82, 2.24) is 19.6 Å². The monoisotopic (exact) mass is 334 g/mol. The van der Waals surface area contributed by atoms with Crippen LogP contribution in [0.2, 0.25) is 0 Å². The van der Waals surface area contributed by atoms with E-state index in [9.17, 15) is 9.59 Å². The smallest absolute Gasteiger partial charge is 0.257 e. The van der Waals surface area contributed by atoms with Gasteiger partial charge in [0.1, 0.15) is 6.61 Å². The van der Waals surface area contributed by atoms with Gasteiger partial charge in [0.15, 0.2) is 0 Å². The normalized spacial score (nSPS) is 28.3. The molecular weight excluding hydrogens is 312 g/mol. The molecular formula is C16H22N4O4. The largest absolute Gasteiger partial charge is 0.381 e. The Kier molecular flexibility index (Phi) is 4.01. The quantitative estimate of drug-likeness (QED) is 0.739. The van der Waals surface area contributed by atoms with Crippen LogP contribution in [-0.2, 0) is 21.3 Å². The lowest BCUT2D eigenvalue weighted by Crippen LogP contribution is -2.58. The second-order valence-corrected chi connectivity index (χ2v) is 6.67. The van der Waals surface area contributed by atoms with Gasteiger partial charge in [-0.1, -0.05) is 0 Å². The van der Waals surface area contributed by atoms with E-state index in [1.807, 2.05) is 4.90 Å². The maximum Gasteiger partial charge on any atom is 0.257 e. The minimum absolute atomic E-state index is 0.0267. The Morgan fingerprint density at radius 1 is 1.29 bits per heavy atom. The molecule has 0 saturated carbocycles. The lowest BCUT2D eigenvalue weighted by atomic mass is 10.0. The molecule has 2 atom stereocenters. The molecule has 1 aromatic rings. The summed E-state index contributed by atoms with van der Waals surface area (Å²) in [4.78, 5) is 28.8. The summed E-state index contributed by atoms with van der Waals surface area (Å²) in [5, 5.41) is 4.06. The molecule has 0 aromatic carbocycles. The first kappa shape index (κ1) is 15.6. The minimum Gasteiger partial charge on any atom is -0.381 e. The predicted octanol–water partition coefficient (Wildman–Crippen LogP) is -0.349. The van der Waals surface area contributed by atoms with Crippen molar-refractivity contribution in [3.8, 4) is 0 Å². The summed E-state index contributed by atoms with van der Waals surface area (Å²) >= 11 is 0. The number of morpholine rings is 1. The molecule has 8 heteroatoms. The van der Waals surface area contributed by atoms with Gasteiger partial charge in [0.05, 0.1) is 23.9 Å². The molecule has 3 aliphatic rings. The van der Waals surface area contributed by atoms with Gasteiger partial charge in [0, 0.05) is 45.6 Å². The van der Waals surface area contributed by atoms with Gasteiger partial charge in [0.2, 0.25) is 5.91 Å². The van der Waals surface area contributed by atoms with Crippen LogP contribution in [0.15, 0.2) is 12.4 Å². The second kappa shape index (κ2) is 6.18. The molecule has 2 amide bonds. The molecule has 0 aliphatic carbocycles. The van der Waals surface area contributed by atoms with E-state index in [4.69, 9.17) is 9.47 Å². The standard InChI is InChI=1S/C16H22N4O4/c1-18-7-11(6-17-18)16(22)19-8-13-14(9-19)24-10-15(21)20(13)12-2-4-23-5-3-12/h6-7,12-14H,2-5,8-10H2,1H3/t13-,14-/m0/s1. The lowest BCUT2D eigenvalue weighted by Gasteiger charge is -2.43. The van der Waals surface area contributed by atoms with Crippen molar-refractivity contribution in [2.24, 2.45) is 7.05 Å². The third kappa shape index (κ3) is 2.69. The molecule has 0 radical (unpaired) electrons.